The third-order valence-corrected chi connectivity index (χ3v) is 9.06. The van der Waals surface area contributed by atoms with Crippen molar-refractivity contribution >= 4 is 51.5 Å². The number of rotatable bonds is 7. The Kier molecular flexibility index (Phi) is 7.87. The number of carbonyl (C=O) groups excluding carboxylic acids is 3. The van der Waals surface area contributed by atoms with Crippen molar-refractivity contribution in [1.29, 1.82) is 0 Å². The molecule has 2 saturated carbocycles. The van der Waals surface area contributed by atoms with Crippen LogP contribution < -0.4 is 10.4 Å². The van der Waals surface area contributed by atoms with E-state index in [2.05, 4.69) is 30.2 Å². The highest BCUT2D eigenvalue weighted by atomic mass is 35.5. The Morgan fingerprint density at radius 3 is 2.35 bits per heavy atom. The summed E-state index contributed by atoms with van der Waals surface area (Å²) < 4.78 is 39.4. The van der Waals surface area contributed by atoms with Crippen LogP contribution in [-0.2, 0) is 14.4 Å². The molecular formula is C28H26ClF3N6O4S. The lowest BCUT2D eigenvalue weighted by Crippen LogP contribution is -2.55. The number of benzene rings is 2. The molecular weight excluding hydrogens is 609 g/mol. The summed E-state index contributed by atoms with van der Waals surface area (Å²) >= 11 is 7.11. The van der Waals surface area contributed by atoms with Crippen LogP contribution in [0.4, 0.5) is 24.0 Å². The van der Waals surface area contributed by atoms with Gasteiger partial charge in [0.1, 0.15) is 10.5 Å². The van der Waals surface area contributed by atoms with E-state index < -0.39 is 28.7 Å². The molecule has 1 aromatic heterocycles. The molecule has 6 rings (SSSR count). The topological polar surface area (TPSA) is 108 Å². The summed E-state index contributed by atoms with van der Waals surface area (Å²) in [5, 5.41) is 10.7. The molecule has 0 radical (unpaired) electrons. The van der Waals surface area contributed by atoms with E-state index >= 15 is 0 Å². The van der Waals surface area contributed by atoms with E-state index in [0.717, 1.165) is 37.5 Å². The molecule has 2 aliphatic carbocycles. The van der Waals surface area contributed by atoms with Gasteiger partial charge in [0.15, 0.2) is 0 Å². The van der Waals surface area contributed by atoms with Gasteiger partial charge in [0, 0.05) is 43.3 Å². The maximum Gasteiger partial charge on any atom is 0.493 e. The van der Waals surface area contributed by atoms with Crippen LogP contribution in [0.3, 0.4) is 0 Å². The smallest absolute Gasteiger partial charge is 0.323 e. The minimum Gasteiger partial charge on any atom is -0.323 e. The molecule has 43 heavy (non-hydrogen) atoms. The Morgan fingerprint density at radius 2 is 1.72 bits per heavy atom. The number of hydrogen-bond donors (Lipinski definition) is 1. The molecule has 1 saturated heterocycles. The molecule has 2 heterocycles. The highest BCUT2D eigenvalue weighted by molar-refractivity contribution is 7.18. The Labute approximate surface area is 253 Å². The predicted octanol–water partition coefficient (Wildman–Crippen LogP) is 4.78. The highest BCUT2D eigenvalue weighted by Gasteiger charge is 2.55. The minimum absolute atomic E-state index is 0.102. The molecule has 2 aromatic carbocycles. The lowest BCUT2D eigenvalue weighted by molar-refractivity contribution is -0.200. The number of nitrogens with one attached hydrogen (secondary N) is 1. The van der Waals surface area contributed by atoms with E-state index in [1.54, 1.807) is 30.3 Å². The molecule has 3 aromatic rings. The van der Waals surface area contributed by atoms with E-state index in [-0.39, 0.29) is 32.3 Å². The van der Waals surface area contributed by atoms with Gasteiger partial charge in [0.05, 0.1) is 10.7 Å². The molecule has 2 amide bonds. The van der Waals surface area contributed by atoms with Crippen molar-refractivity contribution in [3.63, 3.8) is 0 Å². The van der Waals surface area contributed by atoms with Crippen LogP contribution in [0.15, 0.2) is 48.5 Å². The van der Waals surface area contributed by atoms with E-state index in [1.165, 1.54) is 31.0 Å². The third kappa shape index (κ3) is 6.23. The quantitative estimate of drug-likeness (QED) is 0.370. The number of nitrogens with zero attached hydrogens (tertiary/aromatic N) is 5. The van der Waals surface area contributed by atoms with E-state index in [1.807, 2.05) is 0 Å². The first-order chi connectivity index (χ1) is 20.5. The first kappa shape index (κ1) is 29.5. The number of aromatic nitrogens is 2. The van der Waals surface area contributed by atoms with Crippen molar-refractivity contribution in [2.45, 2.75) is 43.4 Å². The summed E-state index contributed by atoms with van der Waals surface area (Å²) in [5.74, 6) is -4.02. The summed E-state index contributed by atoms with van der Waals surface area (Å²) in [7, 11) is 0. The van der Waals surface area contributed by atoms with E-state index in [9.17, 15) is 27.6 Å². The van der Waals surface area contributed by atoms with Gasteiger partial charge in [-0.3, -0.25) is 19.4 Å². The first-order valence-electron chi connectivity index (χ1n) is 13.7. The van der Waals surface area contributed by atoms with Crippen molar-refractivity contribution in [2.24, 2.45) is 0 Å². The molecule has 1 aliphatic heterocycles. The molecule has 0 spiro atoms. The zero-order chi connectivity index (χ0) is 30.4. The second-order valence-corrected chi connectivity index (χ2v) is 12.0. The second-order valence-electron chi connectivity index (χ2n) is 10.7. The van der Waals surface area contributed by atoms with E-state index in [0.29, 0.717) is 24.4 Å². The molecule has 3 fully saturated rings. The average Bonchev–Trinajstić information content (AvgIpc) is 3.94. The van der Waals surface area contributed by atoms with Crippen molar-refractivity contribution in [3.05, 3.63) is 59.1 Å². The second kappa shape index (κ2) is 11.5. The number of hydrogen-bond acceptors (Lipinski definition) is 9. The summed E-state index contributed by atoms with van der Waals surface area (Å²) in [5.41, 5.74) is -0.174. The van der Waals surface area contributed by atoms with Gasteiger partial charge in [-0.05, 0) is 43.9 Å². The van der Waals surface area contributed by atoms with Crippen LogP contribution in [-0.4, -0.2) is 81.7 Å². The lowest BCUT2D eigenvalue weighted by Gasteiger charge is -2.39. The fourth-order valence-corrected chi connectivity index (χ4v) is 6.13. The molecule has 0 atom stereocenters. The fourth-order valence-electron chi connectivity index (χ4n) is 5.17. The number of carbonyl (C=O) groups is 3. The maximum atomic E-state index is 13.5. The fraction of sp³-hybridized carbons (Fsp3) is 0.393. The third-order valence-electron chi connectivity index (χ3n) is 7.79. The molecule has 0 unspecified atom stereocenters. The van der Waals surface area contributed by atoms with Crippen LogP contribution in [0.25, 0.3) is 10.6 Å². The van der Waals surface area contributed by atoms with Gasteiger partial charge in [-0.1, -0.05) is 53.3 Å². The number of anilines is 2. The van der Waals surface area contributed by atoms with E-state index in [4.69, 9.17) is 11.6 Å². The Morgan fingerprint density at radius 1 is 1.02 bits per heavy atom. The van der Waals surface area contributed by atoms with Crippen LogP contribution in [0.5, 0.6) is 0 Å². The van der Waals surface area contributed by atoms with Gasteiger partial charge in [0.25, 0.3) is 11.0 Å². The molecule has 0 bridgehead atoms. The molecule has 3 aliphatic rings. The summed E-state index contributed by atoms with van der Waals surface area (Å²) in [6.45, 7) is 3.33. The molecule has 226 valence electrons. The molecule has 15 heteroatoms. The number of alkyl halides is 3. The zero-order valence-corrected chi connectivity index (χ0v) is 24.2. The van der Waals surface area contributed by atoms with Crippen LogP contribution in [0, 0.1) is 0 Å². The normalized spacial score (nSPS) is 18.6. The summed E-state index contributed by atoms with van der Waals surface area (Å²) in [6.07, 6.45) is -1.58. The predicted molar refractivity (Wildman–Crippen MR) is 153 cm³/mol. The maximum absolute atomic E-state index is 13.5. The zero-order valence-electron chi connectivity index (χ0n) is 22.6. The Hall–Kier alpha value is -3.59. The van der Waals surface area contributed by atoms with Crippen LogP contribution in [0.2, 0.25) is 5.02 Å². The first-order valence-corrected chi connectivity index (χ1v) is 14.9. The number of halogens is 4. The van der Waals surface area contributed by atoms with Crippen LogP contribution >= 0.6 is 22.9 Å². The number of piperazine rings is 1. The van der Waals surface area contributed by atoms with Crippen LogP contribution in [0.1, 0.15) is 36.0 Å². The van der Waals surface area contributed by atoms with Gasteiger partial charge in [0.2, 0.25) is 5.91 Å². The monoisotopic (exact) mass is 634 g/mol. The average molecular weight is 635 g/mol. The SMILES string of the molecule is O=C(c1ccc(Cl)c(NC(=O)C2(N3CCN(C4CC4)CC3)CC2)c1)N(OC(=O)C(F)(F)F)c1nnc(-c2ccccc2)s1. The Balaban J connectivity index is 1.22. The van der Waals surface area contributed by atoms with Crippen molar-refractivity contribution in [1.82, 2.24) is 20.0 Å². The summed E-state index contributed by atoms with van der Waals surface area (Å²) in [4.78, 5) is 47.9. The largest absolute Gasteiger partial charge is 0.493 e. The highest BCUT2D eigenvalue weighted by Crippen LogP contribution is 2.44. The van der Waals surface area contributed by atoms with Gasteiger partial charge < -0.3 is 10.2 Å². The van der Waals surface area contributed by atoms with Gasteiger partial charge in [-0.15, -0.1) is 15.3 Å². The lowest BCUT2D eigenvalue weighted by atomic mass is 10.1. The minimum atomic E-state index is -5.38. The summed E-state index contributed by atoms with van der Waals surface area (Å²) in [6, 6.07) is 13.1. The van der Waals surface area contributed by atoms with Crippen molar-refractivity contribution in [2.75, 3.05) is 36.6 Å². The molecule has 1 N–H and O–H groups in total. The van der Waals surface area contributed by atoms with Gasteiger partial charge in [-0.25, -0.2) is 4.79 Å². The van der Waals surface area contributed by atoms with Gasteiger partial charge >= 0.3 is 12.1 Å². The standard InChI is InChI=1S/C28H26ClF3N6O4S/c29-20-9-6-18(16-21(20)33-24(40)27(10-11-27)37-14-12-36(13-15-37)19-7-8-19)23(39)38(42-25(41)28(30,31)32)26-35-34-22(43-26)17-4-2-1-3-5-17/h1-6,9,16,19H,7-8,10-15H2,(H,33,40). The Bertz CT molecular complexity index is 1540. The van der Waals surface area contributed by atoms with Crippen molar-refractivity contribution < 1.29 is 32.4 Å². The molecule has 10 nitrogen and oxygen atoms in total. The number of hydroxylamine groups is 1. The number of amides is 2. The van der Waals surface area contributed by atoms with Gasteiger partial charge in [-0.2, -0.15) is 13.2 Å². The van der Waals surface area contributed by atoms with Crippen molar-refractivity contribution in [3.8, 4) is 10.6 Å².